The van der Waals surface area contributed by atoms with Gasteiger partial charge in [-0.3, -0.25) is 9.80 Å². The van der Waals surface area contributed by atoms with Gasteiger partial charge in [0, 0.05) is 16.4 Å². The summed E-state index contributed by atoms with van der Waals surface area (Å²) in [4.78, 5) is 15.6. The normalized spacial score (nSPS) is 23.9. The van der Waals surface area contributed by atoms with Crippen LogP contribution in [0.25, 0.3) is 0 Å². The molecule has 2 heterocycles. The molecule has 0 unspecified atom stereocenters. The van der Waals surface area contributed by atoms with Gasteiger partial charge >= 0.3 is 12.2 Å². The number of rotatable bonds is 2. The molecule has 0 spiro atoms. The lowest BCUT2D eigenvalue weighted by Gasteiger charge is -2.23. The summed E-state index contributed by atoms with van der Waals surface area (Å²) in [7, 11) is -3.45. The van der Waals surface area contributed by atoms with Gasteiger partial charge in [0.15, 0.2) is 9.84 Å². The first-order chi connectivity index (χ1) is 13.1. The Kier molecular flexibility index (Phi) is 4.35. The van der Waals surface area contributed by atoms with Crippen molar-refractivity contribution in [2.45, 2.75) is 18.3 Å². The maximum absolute atomic E-state index is 13.1. The smallest absolute Gasteiger partial charge is 0.288 e. The van der Waals surface area contributed by atoms with Crippen molar-refractivity contribution in [3.05, 3.63) is 59.1 Å². The molecule has 10 heteroatoms. The van der Waals surface area contributed by atoms with Crippen LogP contribution in [-0.4, -0.2) is 38.0 Å². The Balaban J connectivity index is 1.81. The SMILES string of the molecule is O=C1N(c2cccc(Cl)c2)[C@@H]2CS(=O)(=O)C[C@@H]2N1c1cccc(C(F)(F)F)c1. The van der Waals surface area contributed by atoms with Crippen molar-refractivity contribution < 1.29 is 26.4 Å². The predicted molar refractivity (Wildman–Crippen MR) is 99.5 cm³/mol. The second-order valence-electron chi connectivity index (χ2n) is 6.76. The summed E-state index contributed by atoms with van der Waals surface area (Å²) in [6.45, 7) is 0. The summed E-state index contributed by atoms with van der Waals surface area (Å²) in [5.41, 5.74) is -0.494. The fourth-order valence-corrected chi connectivity index (χ4v) is 5.87. The highest BCUT2D eigenvalue weighted by Crippen LogP contribution is 2.40. The Hall–Kier alpha value is -2.26. The van der Waals surface area contributed by atoms with Gasteiger partial charge in [-0.2, -0.15) is 13.2 Å². The van der Waals surface area contributed by atoms with E-state index >= 15 is 0 Å². The van der Waals surface area contributed by atoms with Crippen LogP contribution in [0.4, 0.5) is 29.3 Å². The molecule has 2 aromatic rings. The van der Waals surface area contributed by atoms with Crippen LogP contribution in [0.5, 0.6) is 0 Å². The first-order valence-electron chi connectivity index (χ1n) is 8.32. The largest absolute Gasteiger partial charge is 0.416 e. The fourth-order valence-electron chi connectivity index (χ4n) is 3.77. The Morgan fingerprint density at radius 2 is 1.46 bits per heavy atom. The van der Waals surface area contributed by atoms with Crippen LogP contribution in [0, 0.1) is 0 Å². The molecule has 2 saturated heterocycles. The van der Waals surface area contributed by atoms with E-state index in [1.54, 1.807) is 18.2 Å². The van der Waals surface area contributed by atoms with Gasteiger partial charge in [-0.25, -0.2) is 13.2 Å². The molecule has 148 valence electrons. The van der Waals surface area contributed by atoms with Gasteiger partial charge in [0.25, 0.3) is 0 Å². The molecule has 2 fully saturated rings. The maximum atomic E-state index is 13.1. The number of amides is 2. The minimum absolute atomic E-state index is 0.0106. The molecule has 0 bridgehead atoms. The third kappa shape index (κ3) is 3.22. The quantitative estimate of drug-likeness (QED) is 0.677. The van der Waals surface area contributed by atoms with E-state index in [-0.39, 0.29) is 17.2 Å². The molecule has 2 aromatic carbocycles. The van der Waals surface area contributed by atoms with Crippen molar-refractivity contribution in [2.24, 2.45) is 0 Å². The first kappa shape index (κ1) is 19.1. The number of benzene rings is 2. The lowest BCUT2D eigenvalue weighted by Crippen LogP contribution is -2.38. The molecule has 2 aliphatic heterocycles. The van der Waals surface area contributed by atoms with Crippen molar-refractivity contribution in [3.63, 3.8) is 0 Å². The number of urea groups is 1. The molecule has 0 aromatic heterocycles. The van der Waals surface area contributed by atoms with Gasteiger partial charge in [0.2, 0.25) is 0 Å². The number of carbonyl (C=O) groups is 1. The van der Waals surface area contributed by atoms with Gasteiger partial charge in [-0.1, -0.05) is 23.7 Å². The molecule has 2 aliphatic rings. The van der Waals surface area contributed by atoms with E-state index in [9.17, 15) is 26.4 Å². The van der Waals surface area contributed by atoms with Crippen LogP contribution >= 0.6 is 11.6 Å². The molecule has 0 saturated carbocycles. The standard InChI is InChI=1S/C18H14ClF3N2O3S/c19-12-4-2-6-14(8-12)24-16-10-28(26,27)9-15(16)23(17(24)25)13-5-1-3-11(7-13)18(20,21)22/h1-8,15-16H,9-10H2/t15-,16+/m0/s1. The van der Waals surface area contributed by atoms with Crippen LogP contribution in [0.2, 0.25) is 5.02 Å². The average molecular weight is 431 g/mol. The topological polar surface area (TPSA) is 57.7 Å². The number of carbonyl (C=O) groups excluding carboxylic acids is 1. The maximum Gasteiger partial charge on any atom is 0.416 e. The van der Waals surface area contributed by atoms with E-state index in [1.165, 1.54) is 23.1 Å². The number of hydrogen-bond acceptors (Lipinski definition) is 3. The zero-order valence-electron chi connectivity index (χ0n) is 14.2. The molecule has 0 aliphatic carbocycles. The highest BCUT2D eigenvalue weighted by atomic mass is 35.5. The summed E-state index contributed by atoms with van der Waals surface area (Å²) in [6.07, 6.45) is -4.58. The summed E-state index contributed by atoms with van der Waals surface area (Å²) in [5.74, 6) is -0.567. The van der Waals surface area contributed by atoms with E-state index in [1.807, 2.05) is 0 Å². The summed E-state index contributed by atoms with van der Waals surface area (Å²) >= 11 is 6.00. The first-order valence-corrected chi connectivity index (χ1v) is 10.5. The molecule has 4 rings (SSSR count). The van der Waals surface area contributed by atoms with Crippen LogP contribution in [0.1, 0.15) is 5.56 Å². The fraction of sp³-hybridized carbons (Fsp3) is 0.278. The van der Waals surface area contributed by atoms with Crippen LogP contribution in [-0.2, 0) is 16.0 Å². The second kappa shape index (κ2) is 6.38. The molecule has 2 amide bonds. The molecular weight excluding hydrogens is 417 g/mol. The molecule has 2 atom stereocenters. The van der Waals surface area contributed by atoms with Gasteiger partial charge in [-0.05, 0) is 36.4 Å². The third-order valence-electron chi connectivity index (χ3n) is 4.91. The Labute approximate surface area is 164 Å². The minimum atomic E-state index is -4.58. The van der Waals surface area contributed by atoms with Crippen molar-refractivity contribution >= 4 is 38.8 Å². The monoisotopic (exact) mass is 430 g/mol. The predicted octanol–water partition coefficient (Wildman–Crippen LogP) is 3.97. The highest BCUT2D eigenvalue weighted by Gasteiger charge is 2.54. The molecule has 0 radical (unpaired) electrons. The van der Waals surface area contributed by atoms with Crippen molar-refractivity contribution in [3.8, 4) is 0 Å². The molecular formula is C18H14ClF3N2O3S. The van der Waals surface area contributed by atoms with Crippen LogP contribution in [0.3, 0.4) is 0 Å². The van der Waals surface area contributed by atoms with Crippen molar-refractivity contribution in [2.75, 3.05) is 21.3 Å². The highest BCUT2D eigenvalue weighted by molar-refractivity contribution is 7.91. The Morgan fingerprint density at radius 3 is 2.00 bits per heavy atom. The Morgan fingerprint density at radius 1 is 0.929 bits per heavy atom. The average Bonchev–Trinajstić information content (AvgIpc) is 3.02. The lowest BCUT2D eigenvalue weighted by atomic mass is 10.1. The lowest BCUT2D eigenvalue weighted by molar-refractivity contribution is -0.137. The van der Waals surface area contributed by atoms with Crippen LogP contribution < -0.4 is 9.80 Å². The van der Waals surface area contributed by atoms with E-state index in [0.717, 1.165) is 17.0 Å². The minimum Gasteiger partial charge on any atom is -0.288 e. The van der Waals surface area contributed by atoms with E-state index in [4.69, 9.17) is 11.6 Å². The van der Waals surface area contributed by atoms with Gasteiger partial charge in [0.05, 0.1) is 29.2 Å². The number of anilines is 2. The zero-order chi connectivity index (χ0) is 20.3. The number of fused-ring (bicyclic) bond motifs is 1. The molecule has 0 N–H and O–H groups in total. The number of hydrogen-bond donors (Lipinski definition) is 0. The number of sulfone groups is 1. The van der Waals surface area contributed by atoms with E-state index < -0.39 is 39.7 Å². The van der Waals surface area contributed by atoms with E-state index in [2.05, 4.69) is 0 Å². The number of nitrogens with zero attached hydrogens (tertiary/aromatic N) is 2. The number of halogens is 4. The summed E-state index contributed by atoms with van der Waals surface area (Å²) in [5, 5.41) is 0.361. The van der Waals surface area contributed by atoms with Gasteiger partial charge in [0.1, 0.15) is 0 Å². The second-order valence-corrected chi connectivity index (χ2v) is 9.35. The van der Waals surface area contributed by atoms with Gasteiger partial charge in [-0.15, -0.1) is 0 Å². The van der Waals surface area contributed by atoms with E-state index in [0.29, 0.717) is 10.7 Å². The van der Waals surface area contributed by atoms with Crippen molar-refractivity contribution in [1.29, 1.82) is 0 Å². The zero-order valence-corrected chi connectivity index (χ0v) is 15.8. The molecule has 28 heavy (non-hydrogen) atoms. The van der Waals surface area contributed by atoms with Crippen molar-refractivity contribution in [1.82, 2.24) is 0 Å². The summed E-state index contributed by atoms with van der Waals surface area (Å²) < 4.78 is 63.8. The summed E-state index contributed by atoms with van der Waals surface area (Å²) in [6, 6.07) is 8.65. The van der Waals surface area contributed by atoms with Crippen LogP contribution in [0.15, 0.2) is 48.5 Å². The van der Waals surface area contributed by atoms with Gasteiger partial charge < -0.3 is 0 Å². The molecule has 5 nitrogen and oxygen atoms in total. The Bertz CT molecular complexity index is 1060. The number of alkyl halides is 3. The third-order valence-corrected chi connectivity index (χ3v) is 6.84.